The Bertz CT molecular complexity index is 551. The van der Waals surface area contributed by atoms with Crippen LogP contribution in [0.5, 0.6) is 0 Å². The summed E-state index contributed by atoms with van der Waals surface area (Å²) >= 11 is 0. The molecule has 0 radical (unpaired) electrons. The van der Waals surface area contributed by atoms with Crippen LogP contribution in [0.25, 0.3) is 0 Å². The van der Waals surface area contributed by atoms with Crippen molar-refractivity contribution in [2.45, 2.75) is 58.2 Å². The van der Waals surface area contributed by atoms with Gasteiger partial charge in [0.1, 0.15) is 0 Å². The van der Waals surface area contributed by atoms with Gasteiger partial charge in [0.15, 0.2) is 6.17 Å². The van der Waals surface area contributed by atoms with Crippen molar-refractivity contribution in [3.63, 3.8) is 0 Å². The number of nitrogens with zero attached hydrogens (tertiary/aromatic N) is 3. The maximum atomic E-state index is 12.1. The Kier molecular flexibility index (Phi) is 4.43. The van der Waals surface area contributed by atoms with Crippen LogP contribution in [0.3, 0.4) is 0 Å². The van der Waals surface area contributed by atoms with E-state index >= 15 is 0 Å². The summed E-state index contributed by atoms with van der Waals surface area (Å²) in [5, 5.41) is 2.06. The number of rotatable bonds is 3. The number of hydrogen-bond acceptors (Lipinski definition) is 4. The molecule has 1 amide bonds. The lowest BCUT2D eigenvalue weighted by Crippen LogP contribution is -2.46. The molecule has 1 aromatic heterocycles. The molecule has 3 rings (SSSR count). The molecule has 0 aromatic carbocycles. The highest BCUT2D eigenvalue weighted by molar-refractivity contribution is 5.76. The SMILES string of the molecule is CC(=O)N1C(C)=CN(NC2CCCCC2)C1c1ccccn1. The van der Waals surface area contributed by atoms with Gasteiger partial charge in [-0.1, -0.05) is 25.3 Å². The summed E-state index contributed by atoms with van der Waals surface area (Å²) in [5.41, 5.74) is 5.44. The van der Waals surface area contributed by atoms with E-state index in [0.29, 0.717) is 6.04 Å². The van der Waals surface area contributed by atoms with Gasteiger partial charge in [0, 0.05) is 31.1 Å². The molecule has 1 aromatic rings. The van der Waals surface area contributed by atoms with E-state index in [1.54, 1.807) is 18.0 Å². The van der Waals surface area contributed by atoms with Gasteiger partial charge in [-0.05, 0) is 31.9 Å². The van der Waals surface area contributed by atoms with Crippen LogP contribution < -0.4 is 5.43 Å². The minimum Gasteiger partial charge on any atom is -0.287 e. The third-order valence-corrected chi connectivity index (χ3v) is 4.44. The fourth-order valence-corrected chi connectivity index (χ4v) is 3.43. The third kappa shape index (κ3) is 2.99. The summed E-state index contributed by atoms with van der Waals surface area (Å²) in [4.78, 5) is 18.3. The van der Waals surface area contributed by atoms with Crippen LogP contribution in [-0.2, 0) is 4.79 Å². The van der Waals surface area contributed by atoms with Crippen LogP contribution in [0.15, 0.2) is 36.3 Å². The van der Waals surface area contributed by atoms with Crippen molar-refractivity contribution in [2.75, 3.05) is 0 Å². The first-order chi connectivity index (χ1) is 10.7. The highest BCUT2D eigenvalue weighted by Crippen LogP contribution is 2.33. The first kappa shape index (κ1) is 15.0. The topological polar surface area (TPSA) is 48.5 Å². The Morgan fingerprint density at radius 2 is 2.05 bits per heavy atom. The molecule has 5 heteroatoms. The molecule has 5 nitrogen and oxygen atoms in total. The lowest BCUT2D eigenvalue weighted by atomic mass is 9.96. The molecule has 0 bridgehead atoms. The van der Waals surface area contributed by atoms with Crippen molar-refractivity contribution < 1.29 is 4.79 Å². The average Bonchev–Trinajstić information content (AvgIpc) is 2.85. The number of aromatic nitrogens is 1. The molecule has 1 saturated carbocycles. The van der Waals surface area contributed by atoms with Crippen LogP contribution in [0.2, 0.25) is 0 Å². The average molecular weight is 300 g/mol. The van der Waals surface area contributed by atoms with Gasteiger partial charge in [-0.25, -0.2) is 5.43 Å². The number of carbonyl (C=O) groups is 1. The van der Waals surface area contributed by atoms with Crippen LogP contribution in [-0.4, -0.2) is 26.8 Å². The Hall–Kier alpha value is -1.88. The first-order valence-electron chi connectivity index (χ1n) is 8.10. The largest absolute Gasteiger partial charge is 0.287 e. The second-order valence-corrected chi connectivity index (χ2v) is 6.16. The summed E-state index contributed by atoms with van der Waals surface area (Å²) < 4.78 is 0. The molecule has 22 heavy (non-hydrogen) atoms. The second kappa shape index (κ2) is 6.48. The molecule has 2 heterocycles. The fraction of sp³-hybridized carbons (Fsp3) is 0.529. The van der Waals surface area contributed by atoms with E-state index in [0.717, 1.165) is 11.4 Å². The van der Waals surface area contributed by atoms with Crippen molar-refractivity contribution >= 4 is 5.91 Å². The van der Waals surface area contributed by atoms with Crippen molar-refractivity contribution in [1.29, 1.82) is 0 Å². The van der Waals surface area contributed by atoms with Gasteiger partial charge in [0.05, 0.1) is 5.69 Å². The number of pyridine rings is 1. The van der Waals surface area contributed by atoms with E-state index in [9.17, 15) is 4.79 Å². The fourth-order valence-electron chi connectivity index (χ4n) is 3.43. The summed E-state index contributed by atoms with van der Waals surface area (Å²) in [6, 6.07) is 6.32. The zero-order chi connectivity index (χ0) is 15.5. The number of nitrogens with one attached hydrogen (secondary N) is 1. The minimum absolute atomic E-state index is 0.0392. The Morgan fingerprint density at radius 3 is 2.68 bits per heavy atom. The molecule has 1 fully saturated rings. The van der Waals surface area contributed by atoms with E-state index in [4.69, 9.17) is 0 Å². The molecule has 1 aliphatic heterocycles. The lowest BCUT2D eigenvalue weighted by molar-refractivity contribution is -0.131. The van der Waals surface area contributed by atoms with Gasteiger partial charge in [-0.15, -0.1) is 0 Å². The van der Waals surface area contributed by atoms with E-state index < -0.39 is 0 Å². The van der Waals surface area contributed by atoms with Gasteiger partial charge in [-0.2, -0.15) is 0 Å². The van der Waals surface area contributed by atoms with Gasteiger partial charge in [0.25, 0.3) is 0 Å². The summed E-state index contributed by atoms with van der Waals surface area (Å²) in [6.07, 6.45) is 9.88. The van der Waals surface area contributed by atoms with Crippen LogP contribution in [0.4, 0.5) is 0 Å². The van der Waals surface area contributed by atoms with Crippen LogP contribution in [0, 0.1) is 0 Å². The van der Waals surface area contributed by atoms with E-state index in [1.807, 2.05) is 31.3 Å². The van der Waals surface area contributed by atoms with Crippen LogP contribution >= 0.6 is 0 Å². The maximum absolute atomic E-state index is 12.1. The van der Waals surface area contributed by atoms with Gasteiger partial charge < -0.3 is 0 Å². The van der Waals surface area contributed by atoms with Crippen molar-refractivity contribution in [2.24, 2.45) is 0 Å². The van der Waals surface area contributed by atoms with E-state index in [-0.39, 0.29) is 12.1 Å². The number of allylic oxidation sites excluding steroid dienone is 1. The number of hydrazine groups is 1. The maximum Gasteiger partial charge on any atom is 0.225 e. The lowest BCUT2D eigenvalue weighted by Gasteiger charge is -2.35. The molecule has 1 N–H and O–H groups in total. The molecule has 1 aliphatic carbocycles. The monoisotopic (exact) mass is 300 g/mol. The first-order valence-corrected chi connectivity index (χ1v) is 8.10. The molecule has 0 spiro atoms. The molecule has 1 unspecified atom stereocenters. The molecule has 1 atom stereocenters. The Balaban J connectivity index is 1.84. The standard InChI is InChI=1S/C17H24N4O/c1-13-12-20(19-15-8-4-3-5-9-15)17(21(13)14(2)22)16-10-6-7-11-18-16/h6-7,10-12,15,17,19H,3-5,8-9H2,1-2H3. The smallest absolute Gasteiger partial charge is 0.225 e. The number of amides is 1. The Labute approximate surface area is 132 Å². The van der Waals surface area contributed by atoms with Crippen molar-refractivity contribution in [3.05, 3.63) is 42.0 Å². The number of hydrogen-bond donors (Lipinski definition) is 1. The predicted octanol–water partition coefficient (Wildman–Crippen LogP) is 2.94. The molecular formula is C17H24N4O. The predicted molar refractivity (Wildman–Crippen MR) is 85.1 cm³/mol. The number of carbonyl (C=O) groups excluding carboxylic acids is 1. The van der Waals surface area contributed by atoms with Crippen molar-refractivity contribution in [3.8, 4) is 0 Å². The molecule has 0 saturated heterocycles. The molecule has 2 aliphatic rings. The second-order valence-electron chi connectivity index (χ2n) is 6.16. The highest BCUT2D eigenvalue weighted by atomic mass is 16.2. The van der Waals surface area contributed by atoms with E-state index in [1.165, 1.54) is 32.1 Å². The summed E-state index contributed by atoms with van der Waals surface area (Å²) in [7, 11) is 0. The zero-order valence-corrected chi connectivity index (χ0v) is 13.3. The third-order valence-electron chi connectivity index (χ3n) is 4.44. The van der Waals surface area contributed by atoms with Crippen molar-refractivity contribution in [1.82, 2.24) is 20.3 Å². The molecule has 118 valence electrons. The normalized spacial score (nSPS) is 22.8. The quantitative estimate of drug-likeness (QED) is 0.932. The van der Waals surface area contributed by atoms with E-state index in [2.05, 4.69) is 15.4 Å². The summed E-state index contributed by atoms with van der Waals surface area (Å²) in [6.45, 7) is 3.58. The van der Waals surface area contributed by atoms with Crippen LogP contribution in [0.1, 0.15) is 57.8 Å². The summed E-state index contributed by atoms with van der Waals surface area (Å²) in [5.74, 6) is 0.0392. The Morgan fingerprint density at radius 1 is 1.27 bits per heavy atom. The zero-order valence-electron chi connectivity index (χ0n) is 13.3. The minimum atomic E-state index is -0.194. The van der Waals surface area contributed by atoms with Gasteiger partial charge in [0.2, 0.25) is 5.91 Å². The highest BCUT2D eigenvalue weighted by Gasteiger charge is 2.36. The van der Waals surface area contributed by atoms with Gasteiger partial charge in [-0.3, -0.25) is 19.7 Å². The molecular weight excluding hydrogens is 276 g/mol. The van der Waals surface area contributed by atoms with Gasteiger partial charge >= 0.3 is 0 Å².